The van der Waals surface area contributed by atoms with Crippen LogP contribution >= 0.6 is 0 Å². The molecule has 30 heavy (non-hydrogen) atoms. The van der Waals surface area contributed by atoms with Crippen LogP contribution in [0.5, 0.6) is 11.5 Å². The van der Waals surface area contributed by atoms with Crippen molar-refractivity contribution in [1.29, 1.82) is 0 Å². The van der Waals surface area contributed by atoms with Gasteiger partial charge in [-0.3, -0.25) is 4.79 Å². The van der Waals surface area contributed by atoms with Crippen LogP contribution in [0, 0.1) is 0 Å². The summed E-state index contributed by atoms with van der Waals surface area (Å²) in [5.74, 6) is 1.86. The highest BCUT2D eigenvalue weighted by Gasteiger charge is 2.31. The normalized spacial score (nSPS) is 15.3. The molecule has 0 saturated heterocycles. The summed E-state index contributed by atoms with van der Waals surface area (Å²) in [5, 5.41) is 7.64. The summed E-state index contributed by atoms with van der Waals surface area (Å²) >= 11 is 0. The minimum atomic E-state index is -0.112. The lowest BCUT2D eigenvalue weighted by Crippen LogP contribution is -2.24. The fraction of sp³-hybridized carbons (Fsp3) is 0.250. The molecule has 3 aromatic rings. The summed E-state index contributed by atoms with van der Waals surface area (Å²) < 4.78 is 13.0. The first-order valence-corrected chi connectivity index (χ1v) is 10.0. The Hall–Kier alpha value is -3.54. The van der Waals surface area contributed by atoms with Crippen molar-refractivity contribution >= 4 is 11.7 Å². The molecule has 1 unspecified atom stereocenters. The van der Waals surface area contributed by atoms with E-state index in [0.717, 1.165) is 29.1 Å². The smallest absolute Gasteiger partial charge is 0.226 e. The molecule has 0 saturated carbocycles. The van der Waals surface area contributed by atoms with E-state index in [1.807, 2.05) is 47.3 Å². The third-order valence-electron chi connectivity index (χ3n) is 5.37. The number of aryl methyl sites for hydroxylation is 1. The Labute approximate surface area is 176 Å². The summed E-state index contributed by atoms with van der Waals surface area (Å²) in [4.78, 5) is 12.6. The van der Waals surface area contributed by atoms with Crippen molar-refractivity contribution in [2.24, 2.45) is 0 Å². The predicted octanol–water partition coefficient (Wildman–Crippen LogP) is 4.48. The number of amides is 1. The number of carbonyl (C=O) groups excluding carboxylic acids is 1. The van der Waals surface area contributed by atoms with Crippen LogP contribution < -0.4 is 14.8 Å². The molecule has 6 nitrogen and oxygen atoms in total. The zero-order valence-corrected chi connectivity index (χ0v) is 17.2. The monoisotopic (exact) mass is 403 g/mol. The van der Waals surface area contributed by atoms with Crippen LogP contribution in [0.25, 0.3) is 5.69 Å². The summed E-state index contributed by atoms with van der Waals surface area (Å²) in [5.41, 5.74) is 4.12. The average molecular weight is 403 g/mol. The van der Waals surface area contributed by atoms with Crippen molar-refractivity contribution in [1.82, 2.24) is 9.78 Å². The van der Waals surface area contributed by atoms with Crippen molar-refractivity contribution < 1.29 is 14.3 Å². The number of para-hydroxylation sites is 1. The predicted molar refractivity (Wildman–Crippen MR) is 117 cm³/mol. The van der Waals surface area contributed by atoms with Crippen LogP contribution in [0.4, 0.5) is 5.82 Å². The molecule has 2 heterocycles. The van der Waals surface area contributed by atoms with Crippen LogP contribution in [0.2, 0.25) is 0 Å². The number of aromatic nitrogens is 2. The molecule has 1 aliphatic rings. The van der Waals surface area contributed by atoms with Gasteiger partial charge in [0.05, 0.1) is 19.0 Å². The van der Waals surface area contributed by atoms with E-state index in [0.29, 0.717) is 24.5 Å². The maximum absolute atomic E-state index is 12.6. The first-order chi connectivity index (χ1) is 14.7. The number of methoxy groups -OCH3 is 1. The van der Waals surface area contributed by atoms with Gasteiger partial charge in [0.1, 0.15) is 12.4 Å². The van der Waals surface area contributed by atoms with Gasteiger partial charge < -0.3 is 14.8 Å². The molecular formula is C24H25N3O3. The van der Waals surface area contributed by atoms with E-state index in [-0.39, 0.29) is 11.8 Å². The maximum atomic E-state index is 12.6. The van der Waals surface area contributed by atoms with Crippen LogP contribution in [-0.4, -0.2) is 29.4 Å². The van der Waals surface area contributed by atoms with Crippen molar-refractivity contribution in [2.45, 2.75) is 25.7 Å². The maximum Gasteiger partial charge on any atom is 0.226 e. The van der Waals surface area contributed by atoms with Gasteiger partial charge in [-0.1, -0.05) is 43.8 Å². The van der Waals surface area contributed by atoms with Crippen LogP contribution in [0.1, 0.15) is 36.0 Å². The highest BCUT2D eigenvalue weighted by Crippen LogP contribution is 2.41. The number of fused-ring (bicyclic) bond motifs is 1. The molecule has 0 bridgehead atoms. The molecule has 0 radical (unpaired) electrons. The molecule has 1 aliphatic heterocycles. The lowest BCUT2D eigenvalue weighted by atomic mass is 9.87. The van der Waals surface area contributed by atoms with E-state index in [1.54, 1.807) is 13.2 Å². The Morgan fingerprint density at radius 3 is 2.87 bits per heavy atom. The molecule has 6 heteroatoms. The fourth-order valence-electron chi connectivity index (χ4n) is 3.89. The molecule has 1 aromatic heterocycles. The minimum Gasteiger partial charge on any atom is -0.493 e. The second-order valence-corrected chi connectivity index (χ2v) is 7.16. The molecule has 4 rings (SSSR count). The van der Waals surface area contributed by atoms with Crippen molar-refractivity contribution in [3.05, 3.63) is 78.0 Å². The number of rotatable bonds is 7. The molecular weight excluding hydrogens is 378 g/mol. The highest BCUT2D eigenvalue weighted by atomic mass is 16.5. The van der Waals surface area contributed by atoms with E-state index in [2.05, 4.69) is 30.0 Å². The quantitative estimate of drug-likeness (QED) is 0.591. The zero-order chi connectivity index (χ0) is 21.1. The van der Waals surface area contributed by atoms with Gasteiger partial charge in [0.2, 0.25) is 5.91 Å². The molecule has 1 N–H and O–H groups in total. The lowest BCUT2D eigenvalue weighted by molar-refractivity contribution is -0.116. The fourth-order valence-corrected chi connectivity index (χ4v) is 3.89. The molecule has 0 fully saturated rings. The third-order valence-corrected chi connectivity index (χ3v) is 5.37. The van der Waals surface area contributed by atoms with Gasteiger partial charge in [-0.2, -0.15) is 5.10 Å². The molecule has 2 aromatic carbocycles. The topological polar surface area (TPSA) is 65.4 Å². The lowest BCUT2D eigenvalue weighted by Gasteiger charge is -2.25. The number of carbonyl (C=O) groups is 1. The van der Waals surface area contributed by atoms with Gasteiger partial charge in [-0.05, 0) is 35.7 Å². The summed E-state index contributed by atoms with van der Waals surface area (Å²) in [7, 11) is 1.61. The molecule has 0 spiro atoms. The van der Waals surface area contributed by atoms with Gasteiger partial charge in [-0.25, -0.2) is 4.68 Å². The highest BCUT2D eigenvalue weighted by molar-refractivity contribution is 5.94. The first-order valence-electron chi connectivity index (χ1n) is 10.0. The number of benzene rings is 2. The third kappa shape index (κ3) is 3.56. The molecule has 1 atom stereocenters. The Balaban J connectivity index is 1.76. The van der Waals surface area contributed by atoms with Crippen molar-refractivity contribution in [3.8, 4) is 17.2 Å². The van der Waals surface area contributed by atoms with E-state index in [4.69, 9.17) is 9.47 Å². The number of hydrogen-bond donors (Lipinski definition) is 1. The van der Waals surface area contributed by atoms with Crippen molar-refractivity contribution in [3.63, 3.8) is 0 Å². The van der Waals surface area contributed by atoms with Gasteiger partial charge in [0.15, 0.2) is 11.5 Å². The van der Waals surface area contributed by atoms with Gasteiger partial charge in [-0.15, -0.1) is 0 Å². The largest absolute Gasteiger partial charge is 0.493 e. The average Bonchev–Trinajstić information content (AvgIpc) is 3.20. The summed E-state index contributed by atoms with van der Waals surface area (Å²) in [6.45, 7) is 6.18. The molecule has 1 amide bonds. The summed E-state index contributed by atoms with van der Waals surface area (Å²) in [6, 6.07) is 13.9. The van der Waals surface area contributed by atoms with Crippen LogP contribution in [-0.2, 0) is 11.2 Å². The number of ether oxygens (including phenoxy) is 2. The number of nitrogens with one attached hydrogen (secondary N) is 1. The number of anilines is 1. The molecule has 0 aliphatic carbocycles. The first kappa shape index (κ1) is 19.8. The number of nitrogens with zero attached hydrogens (tertiary/aromatic N) is 2. The van der Waals surface area contributed by atoms with E-state index in [1.165, 1.54) is 5.56 Å². The van der Waals surface area contributed by atoms with Crippen LogP contribution in [0.3, 0.4) is 0 Å². The van der Waals surface area contributed by atoms with Crippen LogP contribution in [0.15, 0.2) is 61.3 Å². The minimum absolute atomic E-state index is 0.0332. The van der Waals surface area contributed by atoms with E-state index in [9.17, 15) is 4.79 Å². The Morgan fingerprint density at radius 1 is 1.27 bits per heavy atom. The summed E-state index contributed by atoms with van der Waals surface area (Å²) in [6.07, 6.45) is 4.77. The van der Waals surface area contributed by atoms with Gasteiger partial charge in [0.25, 0.3) is 0 Å². The van der Waals surface area contributed by atoms with Crippen molar-refractivity contribution in [2.75, 3.05) is 19.0 Å². The Kier molecular flexibility index (Phi) is 5.57. The standard InChI is InChI=1S/C24H25N3O3/c1-4-12-30-21-11-10-17(13-22(21)29-3)18-14-23(28)26-24-19(18)15-25-27(24)20-9-7-6-8-16(20)5-2/h4,6-11,13,15,18H,1,5,12,14H2,2-3H3,(H,26,28). The number of hydrogen-bond acceptors (Lipinski definition) is 4. The second-order valence-electron chi connectivity index (χ2n) is 7.16. The molecule has 154 valence electrons. The Morgan fingerprint density at radius 2 is 2.10 bits per heavy atom. The van der Waals surface area contributed by atoms with Gasteiger partial charge >= 0.3 is 0 Å². The Bertz CT molecular complexity index is 1090. The van der Waals surface area contributed by atoms with Gasteiger partial charge in [0, 0.05) is 17.9 Å². The van der Waals surface area contributed by atoms with E-state index >= 15 is 0 Å². The van der Waals surface area contributed by atoms with E-state index < -0.39 is 0 Å². The zero-order valence-electron chi connectivity index (χ0n) is 17.2. The second kappa shape index (κ2) is 8.45. The SMILES string of the molecule is C=CCOc1ccc(C2CC(=O)Nc3c2cnn3-c2ccccc2CC)cc1OC.